The highest BCUT2D eigenvalue weighted by Crippen LogP contribution is 2.35. The van der Waals surface area contributed by atoms with E-state index in [1.165, 1.54) is 17.7 Å². The molecule has 0 bridgehead atoms. The molecule has 2 aromatic rings. The van der Waals surface area contributed by atoms with Crippen molar-refractivity contribution < 1.29 is 14.3 Å². The van der Waals surface area contributed by atoms with Crippen LogP contribution in [0.25, 0.3) is 0 Å². The number of carbonyl (C=O) groups is 2. The zero-order chi connectivity index (χ0) is 17.7. The summed E-state index contributed by atoms with van der Waals surface area (Å²) >= 11 is 1.29. The van der Waals surface area contributed by atoms with Gasteiger partial charge in [-0.1, -0.05) is 19.3 Å². The van der Waals surface area contributed by atoms with Crippen molar-refractivity contribution in [3.8, 4) is 0 Å². The molecule has 0 aliphatic heterocycles. The van der Waals surface area contributed by atoms with E-state index in [0.29, 0.717) is 30.3 Å². The van der Waals surface area contributed by atoms with Gasteiger partial charge >= 0.3 is 5.97 Å². The molecule has 0 aromatic carbocycles. The van der Waals surface area contributed by atoms with Gasteiger partial charge in [0.25, 0.3) is 5.91 Å². The second kappa shape index (κ2) is 7.68. The number of thiazole rings is 1. The molecule has 1 fully saturated rings. The predicted octanol–water partition coefficient (Wildman–Crippen LogP) is 1.53. The Labute approximate surface area is 148 Å². The largest absolute Gasteiger partial charge is 0.466 e. The Morgan fingerprint density at radius 1 is 1.36 bits per heavy atom. The van der Waals surface area contributed by atoms with Gasteiger partial charge in [-0.2, -0.15) is 0 Å². The van der Waals surface area contributed by atoms with Gasteiger partial charge in [0.15, 0.2) is 5.13 Å². The first-order chi connectivity index (χ1) is 12.1. The third-order valence-corrected chi connectivity index (χ3v) is 5.10. The van der Waals surface area contributed by atoms with Gasteiger partial charge in [0, 0.05) is 5.38 Å². The minimum absolute atomic E-state index is 0.0956. The number of nitrogens with one attached hydrogen (secondary N) is 1. The van der Waals surface area contributed by atoms with E-state index in [2.05, 4.69) is 25.8 Å². The Hall–Kier alpha value is -2.36. The molecule has 0 unspecified atom stereocenters. The number of rotatable bonds is 6. The van der Waals surface area contributed by atoms with E-state index >= 15 is 0 Å². The first-order valence-corrected chi connectivity index (χ1v) is 9.17. The Kier molecular flexibility index (Phi) is 5.37. The number of ether oxygens (including phenoxy) is 1. The molecule has 25 heavy (non-hydrogen) atoms. The van der Waals surface area contributed by atoms with E-state index in [0.717, 1.165) is 19.3 Å². The monoisotopic (exact) mass is 364 g/mol. The molecule has 2 heterocycles. The van der Waals surface area contributed by atoms with Crippen LogP contribution >= 0.6 is 11.3 Å². The van der Waals surface area contributed by atoms with Crippen molar-refractivity contribution in [2.45, 2.75) is 51.0 Å². The molecule has 0 radical (unpaired) electrons. The average Bonchev–Trinajstić information content (AvgIpc) is 3.28. The minimum Gasteiger partial charge on any atom is -0.466 e. The van der Waals surface area contributed by atoms with Crippen molar-refractivity contribution in [1.29, 1.82) is 0 Å². The zero-order valence-electron chi connectivity index (χ0n) is 14.0. The van der Waals surface area contributed by atoms with Gasteiger partial charge in [0.05, 0.1) is 18.7 Å². The third kappa shape index (κ3) is 3.84. The van der Waals surface area contributed by atoms with Gasteiger partial charge in [-0.15, -0.1) is 16.4 Å². The lowest BCUT2D eigenvalue weighted by atomic mass is 9.81. The summed E-state index contributed by atoms with van der Waals surface area (Å²) in [7, 11) is 0. The van der Waals surface area contributed by atoms with Crippen LogP contribution in [0.3, 0.4) is 0 Å². The Bertz CT molecular complexity index is 723. The first-order valence-electron chi connectivity index (χ1n) is 8.29. The lowest BCUT2D eigenvalue weighted by Crippen LogP contribution is -2.47. The number of tetrazole rings is 1. The molecule has 1 saturated carbocycles. The van der Waals surface area contributed by atoms with E-state index in [1.54, 1.807) is 17.0 Å². The quantitative estimate of drug-likeness (QED) is 0.774. The Morgan fingerprint density at radius 3 is 2.84 bits per heavy atom. The third-order valence-electron chi connectivity index (χ3n) is 4.29. The highest BCUT2D eigenvalue weighted by Gasteiger charge is 2.43. The van der Waals surface area contributed by atoms with Crippen molar-refractivity contribution in [1.82, 2.24) is 25.2 Å². The molecule has 1 amide bonds. The number of esters is 1. The summed E-state index contributed by atoms with van der Waals surface area (Å²) < 4.78 is 6.46. The molecule has 134 valence electrons. The molecule has 3 rings (SSSR count). The van der Waals surface area contributed by atoms with Crippen LogP contribution in [0.5, 0.6) is 0 Å². The fourth-order valence-corrected chi connectivity index (χ4v) is 3.78. The number of hydrogen-bond acceptors (Lipinski definition) is 8. The Balaban J connectivity index is 1.72. The van der Waals surface area contributed by atoms with Crippen LogP contribution in [-0.4, -0.2) is 43.7 Å². The van der Waals surface area contributed by atoms with Gasteiger partial charge in [-0.25, -0.2) is 9.67 Å². The maximum atomic E-state index is 13.0. The topological polar surface area (TPSA) is 112 Å². The van der Waals surface area contributed by atoms with E-state index in [1.807, 2.05) is 0 Å². The highest BCUT2D eigenvalue weighted by atomic mass is 32.1. The van der Waals surface area contributed by atoms with Crippen molar-refractivity contribution in [2.75, 3.05) is 11.9 Å². The molecule has 1 N–H and O–H groups in total. The van der Waals surface area contributed by atoms with Gasteiger partial charge < -0.3 is 4.74 Å². The van der Waals surface area contributed by atoms with Crippen molar-refractivity contribution in [3.05, 3.63) is 17.4 Å². The fraction of sp³-hybridized carbons (Fsp3) is 0.600. The Morgan fingerprint density at radius 2 is 2.16 bits per heavy atom. The summed E-state index contributed by atoms with van der Waals surface area (Å²) in [5.41, 5.74) is -0.201. The normalized spacial score (nSPS) is 16.4. The van der Waals surface area contributed by atoms with E-state index in [9.17, 15) is 9.59 Å². The van der Waals surface area contributed by atoms with Crippen molar-refractivity contribution >= 4 is 28.3 Å². The van der Waals surface area contributed by atoms with E-state index in [4.69, 9.17) is 4.74 Å². The van der Waals surface area contributed by atoms with Crippen LogP contribution in [0.1, 0.15) is 44.7 Å². The number of anilines is 1. The number of hydrogen-bond donors (Lipinski definition) is 1. The van der Waals surface area contributed by atoms with Crippen molar-refractivity contribution in [2.24, 2.45) is 0 Å². The number of carbonyl (C=O) groups excluding carboxylic acids is 2. The number of amides is 1. The van der Waals surface area contributed by atoms with E-state index in [-0.39, 0.29) is 18.3 Å². The van der Waals surface area contributed by atoms with E-state index < -0.39 is 5.54 Å². The summed E-state index contributed by atoms with van der Waals surface area (Å²) in [5, 5.41) is 16.4. The van der Waals surface area contributed by atoms with Gasteiger partial charge in [0.1, 0.15) is 11.9 Å². The van der Waals surface area contributed by atoms with Crippen LogP contribution in [0.4, 0.5) is 5.13 Å². The zero-order valence-corrected chi connectivity index (χ0v) is 14.8. The summed E-state index contributed by atoms with van der Waals surface area (Å²) in [6, 6.07) is 0. The van der Waals surface area contributed by atoms with Crippen LogP contribution in [0, 0.1) is 0 Å². The lowest BCUT2D eigenvalue weighted by molar-refractivity contribution is -0.142. The maximum Gasteiger partial charge on any atom is 0.311 e. The second-order valence-corrected chi connectivity index (χ2v) is 6.78. The average molecular weight is 364 g/mol. The van der Waals surface area contributed by atoms with Gasteiger partial charge in [-0.05, 0) is 30.2 Å². The first kappa shape index (κ1) is 17.5. The van der Waals surface area contributed by atoms with Crippen LogP contribution in [0.15, 0.2) is 11.7 Å². The van der Waals surface area contributed by atoms with Crippen molar-refractivity contribution in [3.63, 3.8) is 0 Å². The minimum atomic E-state index is -0.783. The summed E-state index contributed by atoms with van der Waals surface area (Å²) in [6.45, 7) is 2.09. The predicted molar refractivity (Wildman–Crippen MR) is 90.0 cm³/mol. The standard InChI is InChI=1S/C15H20N6O3S/c1-2-24-12(22)8-11-9-25-14(17-11)18-13(23)15(6-4-3-5-7-15)21-10-16-19-20-21/h9-10H,2-8H2,1H3,(H,17,18,23). The molecule has 1 aliphatic rings. The van der Waals surface area contributed by atoms with Gasteiger partial charge in [-0.3, -0.25) is 14.9 Å². The SMILES string of the molecule is CCOC(=O)Cc1csc(NC(=O)C2(n3cnnn3)CCCCC2)n1. The summed E-state index contributed by atoms with van der Waals surface area (Å²) in [4.78, 5) is 28.8. The smallest absolute Gasteiger partial charge is 0.311 e. The fourth-order valence-electron chi connectivity index (χ4n) is 3.07. The van der Waals surface area contributed by atoms with Gasteiger partial charge in [0.2, 0.25) is 0 Å². The molecule has 0 spiro atoms. The molecule has 2 aromatic heterocycles. The maximum absolute atomic E-state index is 13.0. The molecule has 1 aliphatic carbocycles. The molecule has 9 nitrogen and oxygen atoms in total. The van der Waals surface area contributed by atoms with Crippen LogP contribution < -0.4 is 5.32 Å². The second-order valence-electron chi connectivity index (χ2n) is 5.93. The molecule has 0 saturated heterocycles. The molecular formula is C15H20N6O3S. The van der Waals surface area contributed by atoms with Crippen LogP contribution in [-0.2, 0) is 26.3 Å². The number of aromatic nitrogens is 5. The number of nitrogens with zero attached hydrogens (tertiary/aromatic N) is 5. The molecule has 0 atom stereocenters. The van der Waals surface area contributed by atoms with Crippen LogP contribution in [0.2, 0.25) is 0 Å². The summed E-state index contributed by atoms with van der Waals surface area (Å²) in [5.74, 6) is -0.500. The molecular weight excluding hydrogens is 344 g/mol. The molecule has 10 heteroatoms. The summed E-state index contributed by atoms with van der Waals surface area (Å²) in [6.07, 6.45) is 5.93. The highest BCUT2D eigenvalue weighted by molar-refractivity contribution is 7.13. The lowest BCUT2D eigenvalue weighted by Gasteiger charge is -2.34.